The number of aromatic nitrogens is 3. The van der Waals surface area contributed by atoms with E-state index in [-0.39, 0.29) is 5.88 Å². The Balaban J connectivity index is 1.48. The van der Waals surface area contributed by atoms with Gasteiger partial charge in [-0.3, -0.25) is 0 Å². The minimum Gasteiger partial charge on any atom is -0.492 e. The van der Waals surface area contributed by atoms with Crippen molar-refractivity contribution in [3.63, 3.8) is 0 Å². The molecule has 6 heteroatoms. The zero-order valence-electron chi connectivity index (χ0n) is 13.5. The number of anilines is 1. The van der Waals surface area contributed by atoms with Crippen molar-refractivity contribution < 1.29 is 5.11 Å². The number of hydrogen-bond donors (Lipinski definition) is 3. The maximum Gasteiger partial charge on any atom is 0.238 e. The number of imidazole rings is 1. The van der Waals surface area contributed by atoms with E-state index in [0.29, 0.717) is 23.4 Å². The lowest BCUT2D eigenvalue weighted by molar-refractivity contribution is 0.373. The van der Waals surface area contributed by atoms with Crippen LogP contribution in [0, 0.1) is 5.92 Å². The summed E-state index contributed by atoms with van der Waals surface area (Å²) in [5.74, 6) is 2.02. The van der Waals surface area contributed by atoms with Crippen LogP contribution in [0.15, 0.2) is 23.3 Å². The van der Waals surface area contributed by atoms with Crippen LogP contribution < -0.4 is 5.32 Å². The fourth-order valence-corrected chi connectivity index (χ4v) is 3.39. The first-order chi connectivity index (χ1) is 11.8. The minimum atomic E-state index is -0.000570. The first kappa shape index (κ1) is 14.9. The van der Waals surface area contributed by atoms with Crippen LogP contribution in [0.1, 0.15) is 43.4 Å². The van der Waals surface area contributed by atoms with Crippen molar-refractivity contribution in [3.8, 4) is 5.88 Å². The van der Waals surface area contributed by atoms with E-state index >= 15 is 0 Å². The highest BCUT2D eigenvalue weighted by Gasteiger charge is 2.16. The Bertz CT molecular complexity index is 786. The first-order valence-corrected chi connectivity index (χ1v) is 8.53. The van der Waals surface area contributed by atoms with Gasteiger partial charge in [-0.25, -0.2) is 9.98 Å². The first-order valence-electron chi connectivity index (χ1n) is 8.53. The number of aromatic hydroxyl groups is 1. The van der Waals surface area contributed by atoms with Gasteiger partial charge >= 0.3 is 0 Å². The molecule has 1 fully saturated rings. The predicted molar refractivity (Wildman–Crippen MR) is 95.6 cm³/mol. The molecule has 0 atom stereocenters. The van der Waals surface area contributed by atoms with Crippen LogP contribution in [0.2, 0.25) is 0 Å². The lowest BCUT2D eigenvalue weighted by Crippen LogP contribution is -2.17. The summed E-state index contributed by atoms with van der Waals surface area (Å²) in [6.07, 6.45) is 11.9. The quantitative estimate of drug-likeness (QED) is 0.799. The Morgan fingerprint density at radius 2 is 2.17 bits per heavy atom. The number of hydrogen-bond acceptors (Lipinski definition) is 5. The van der Waals surface area contributed by atoms with Crippen molar-refractivity contribution in [3.05, 3.63) is 29.6 Å². The van der Waals surface area contributed by atoms with Crippen LogP contribution in [0.25, 0.3) is 11.6 Å². The number of H-pyrrole nitrogens is 1. The molecule has 2 aliphatic rings. The molecule has 24 heavy (non-hydrogen) atoms. The molecule has 1 saturated carbocycles. The van der Waals surface area contributed by atoms with Gasteiger partial charge in [0, 0.05) is 30.1 Å². The standard InChI is InChI=1S/C18H21N5O/c24-17-15(9-13-11-20-16-14(13)7-4-8-19-16)22-18(23-17)21-10-12-5-2-1-3-6-12/h4,7-9,11-12,24H,1-3,5-6,10H2,(H2,21,22,23). The molecule has 0 saturated heterocycles. The number of pyridine rings is 1. The molecule has 0 aromatic carbocycles. The third kappa shape index (κ3) is 3.04. The summed E-state index contributed by atoms with van der Waals surface area (Å²) in [5.41, 5.74) is 2.46. The normalized spacial score (nSPS) is 18.9. The van der Waals surface area contributed by atoms with Gasteiger partial charge in [0.25, 0.3) is 0 Å². The van der Waals surface area contributed by atoms with Gasteiger partial charge in [0.15, 0.2) is 5.82 Å². The van der Waals surface area contributed by atoms with Crippen LogP contribution in [0.4, 0.5) is 11.8 Å². The molecule has 3 N–H and O–H groups in total. The fraction of sp³-hybridized carbons (Fsp3) is 0.389. The topological polar surface area (TPSA) is 86.2 Å². The van der Waals surface area contributed by atoms with E-state index in [1.165, 1.54) is 32.1 Å². The molecule has 0 bridgehead atoms. The molecule has 124 valence electrons. The predicted octanol–water partition coefficient (Wildman–Crippen LogP) is 3.76. The van der Waals surface area contributed by atoms with Crippen molar-refractivity contribution in [1.82, 2.24) is 15.0 Å². The highest BCUT2D eigenvalue weighted by Crippen LogP contribution is 2.31. The third-order valence-electron chi connectivity index (χ3n) is 4.72. The van der Waals surface area contributed by atoms with Crippen LogP contribution in [-0.4, -0.2) is 32.8 Å². The SMILES string of the molecule is Oc1nc(NCC2CCCCC2)[nH]c1C=C1C=Nc2ncccc21. The Kier molecular flexibility index (Phi) is 4.02. The highest BCUT2D eigenvalue weighted by atomic mass is 16.3. The van der Waals surface area contributed by atoms with E-state index in [9.17, 15) is 5.11 Å². The molecule has 0 unspecified atom stereocenters. The van der Waals surface area contributed by atoms with Gasteiger partial charge in [-0.2, -0.15) is 4.98 Å². The van der Waals surface area contributed by atoms with Crippen LogP contribution in [0.3, 0.4) is 0 Å². The summed E-state index contributed by atoms with van der Waals surface area (Å²) in [6.45, 7) is 0.900. The number of nitrogens with one attached hydrogen (secondary N) is 2. The third-order valence-corrected chi connectivity index (χ3v) is 4.72. The number of aliphatic imine (C=N–C) groups is 1. The lowest BCUT2D eigenvalue weighted by atomic mass is 9.89. The Hall–Kier alpha value is -2.63. The van der Waals surface area contributed by atoms with Gasteiger partial charge in [-0.05, 0) is 37.0 Å². The number of fused-ring (bicyclic) bond motifs is 1. The maximum atomic E-state index is 10.1. The van der Waals surface area contributed by atoms with E-state index in [1.807, 2.05) is 18.2 Å². The van der Waals surface area contributed by atoms with Gasteiger partial charge < -0.3 is 15.4 Å². The lowest BCUT2D eigenvalue weighted by Gasteiger charge is -2.21. The molecule has 0 spiro atoms. The Morgan fingerprint density at radius 1 is 1.29 bits per heavy atom. The Labute approximate surface area is 140 Å². The van der Waals surface area contributed by atoms with Crippen LogP contribution >= 0.6 is 0 Å². The molecule has 2 aromatic heterocycles. The second kappa shape index (κ2) is 6.47. The number of rotatable bonds is 4. The number of aromatic amines is 1. The molecule has 0 radical (unpaired) electrons. The number of allylic oxidation sites excluding steroid dienone is 1. The average Bonchev–Trinajstić information content (AvgIpc) is 3.18. The van der Waals surface area contributed by atoms with Gasteiger partial charge in [-0.1, -0.05) is 19.3 Å². The van der Waals surface area contributed by atoms with Gasteiger partial charge in [-0.15, -0.1) is 0 Å². The molecular formula is C18H21N5O. The fourth-order valence-electron chi connectivity index (χ4n) is 3.39. The molecular weight excluding hydrogens is 302 g/mol. The smallest absolute Gasteiger partial charge is 0.238 e. The van der Waals surface area contributed by atoms with E-state index in [1.54, 1.807) is 12.4 Å². The zero-order chi connectivity index (χ0) is 16.4. The van der Waals surface area contributed by atoms with E-state index < -0.39 is 0 Å². The summed E-state index contributed by atoms with van der Waals surface area (Å²) < 4.78 is 0. The van der Waals surface area contributed by atoms with E-state index in [0.717, 1.165) is 17.7 Å². The van der Waals surface area contributed by atoms with E-state index in [2.05, 4.69) is 25.3 Å². The van der Waals surface area contributed by atoms with Crippen molar-refractivity contribution in [2.75, 3.05) is 11.9 Å². The van der Waals surface area contributed by atoms with Gasteiger partial charge in [0.05, 0.1) is 0 Å². The molecule has 4 rings (SSSR count). The van der Waals surface area contributed by atoms with Crippen LogP contribution in [-0.2, 0) is 0 Å². The zero-order valence-corrected chi connectivity index (χ0v) is 13.5. The average molecular weight is 323 g/mol. The minimum absolute atomic E-state index is 0.000570. The molecule has 3 heterocycles. The summed E-state index contributed by atoms with van der Waals surface area (Å²) in [4.78, 5) is 15.8. The Morgan fingerprint density at radius 3 is 3.04 bits per heavy atom. The largest absolute Gasteiger partial charge is 0.492 e. The van der Waals surface area contributed by atoms with Gasteiger partial charge in [0.2, 0.25) is 11.8 Å². The van der Waals surface area contributed by atoms with E-state index in [4.69, 9.17) is 0 Å². The van der Waals surface area contributed by atoms with Crippen molar-refractivity contribution in [2.45, 2.75) is 32.1 Å². The summed E-state index contributed by atoms with van der Waals surface area (Å²) in [6, 6.07) is 3.85. The second-order valence-corrected chi connectivity index (χ2v) is 6.44. The van der Waals surface area contributed by atoms with Crippen LogP contribution in [0.5, 0.6) is 5.88 Å². The molecule has 1 aliphatic carbocycles. The molecule has 0 amide bonds. The molecule has 2 aromatic rings. The van der Waals surface area contributed by atoms with Crippen molar-refractivity contribution >= 4 is 29.6 Å². The molecule has 6 nitrogen and oxygen atoms in total. The molecule has 1 aliphatic heterocycles. The maximum absolute atomic E-state index is 10.1. The number of nitrogens with zero attached hydrogens (tertiary/aromatic N) is 3. The summed E-state index contributed by atoms with van der Waals surface area (Å²) in [7, 11) is 0. The van der Waals surface area contributed by atoms with Gasteiger partial charge in [0.1, 0.15) is 5.69 Å². The van der Waals surface area contributed by atoms with Crippen molar-refractivity contribution in [2.24, 2.45) is 10.9 Å². The summed E-state index contributed by atoms with van der Waals surface area (Å²) >= 11 is 0. The monoisotopic (exact) mass is 323 g/mol. The summed E-state index contributed by atoms with van der Waals surface area (Å²) in [5, 5.41) is 13.4. The second-order valence-electron chi connectivity index (χ2n) is 6.44. The highest BCUT2D eigenvalue weighted by molar-refractivity contribution is 6.20. The van der Waals surface area contributed by atoms with Crippen molar-refractivity contribution in [1.29, 1.82) is 0 Å².